The largest absolute Gasteiger partial charge is 0.492 e. The number of benzene rings is 1. The fraction of sp³-hybridized carbons (Fsp3) is 0.500. The van der Waals surface area contributed by atoms with Crippen molar-refractivity contribution in [1.82, 2.24) is 66.5 Å². The smallest absolute Gasteiger partial charge is 0.326 e. The summed E-state index contributed by atoms with van der Waals surface area (Å²) in [6, 6.07) is 10.0. The summed E-state index contributed by atoms with van der Waals surface area (Å²) in [5, 5.41) is 48.1. The Kier molecular flexibility index (Phi) is 29.6. The number of nitrogens with zero attached hydrogens (tertiary/aromatic N) is 6. The number of carboxylic acids is 2. The minimum Gasteiger partial charge on any atom is -0.492 e. The number of aromatic amines is 2. The zero-order valence-corrected chi connectivity index (χ0v) is 64.4. The second-order valence-corrected chi connectivity index (χ2v) is 28.5. The molecule has 0 saturated heterocycles. The number of unbranched alkanes of at least 4 members (excludes halogenated alkanes) is 1. The van der Waals surface area contributed by atoms with Gasteiger partial charge < -0.3 is 81.9 Å². The number of carbonyl (C=O) groups excluding carboxylic acids is 6. The van der Waals surface area contributed by atoms with Crippen molar-refractivity contribution < 1.29 is 72.6 Å². The molecule has 590 valence electrons. The fourth-order valence-corrected chi connectivity index (χ4v) is 13.9. The number of hydrogen-bond donors (Lipinski definition) is 12. The van der Waals surface area contributed by atoms with Gasteiger partial charge in [-0.15, -0.1) is 0 Å². The number of allylic oxidation sites excluding steroid dienone is 2. The van der Waals surface area contributed by atoms with Crippen LogP contribution in [0.15, 0.2) is 55.2 Å². The first-order valence-corrected chi connectivity index (χ1v) is 37.8. The third-order valence-electron chi connectivity index (χ3n) is 21.1. The second-order valence-electron chi connectivity index (χ2n) is 28.5. The molecule has 3 aliphatic rings. The molecule has 5 aromatic heterocycles. The molecule has 0 saturated carbocycles. The van der Waals surface area contributed by atoms with Crippen LogP contribution in [-0.2, 0) is 60.7 Å². The summed E-state index contributed by atoms with van der Waals surface area (Å²) >= 11 is 0. The van der Waals surface area contributed by atoms with Crippen molar-refractivity contribution in [2.24, 2.45) is 0 Å². The monoisotopic (exact) mass is 1520 g/mol. The van der Waals surface area contributed by atoms with Gasteiger partial charge in [0.2, 0.25) is 23.6 Å². The van der Waals surface area contributed by atoms with Gasteiger partial charge in [0.15, 0.2) is 28.5 Å². The van der Waals surface area contributed by atoms with E-state index in [0.29, 0.717) is 121 Å². The highest BCUT2D eigenvalue weighted by molar-refractivity contribution is 6.13. The predicted octanol–water partition coefficient (Wildman–Crippen LogP) is 8.98. The molecular weight excluding hydrogens is 1410 g/mol. The van der Waals surface area contributed by atoms with Gasteiger partial charge >= 0.3 is 11.9 Å². The number of aliphatic carboxylic acids is 2. The van der Waals surface area contributed by atoms with Crippen molar-refractivity contribution in [3.8, 4) is 5.88 Å². The highest BCUT2D eigenvalue weighted by Gasteiger charge is 2.38. The Hall–Kier alpha value is -10.2. The standard InChI is InChI=1S/C80H105N15O15/c1-11-52-45(5)58-38-60-47(7)54(70(91-60)55-37-64(96)69-48(8)61(92-71(55)69)40-63-53(12-2)46(6)59(89-63)39-62(52)88-58)24-27-67(99)90-56(76(103)104)19-15-16-29-85-80(10,14-4)66(98)43-110-44-68(100)82-28-17-31-107-33-35-109-36-34-108-32-18-30-86-79(9,13-3)65(97)26-25-57(77(105)106)93-74(101)49-20-22-50(23-21-49)83-41-51-42-84-73-72(87-51)75(102)95-78(81)94-73/h11,20-23,38-40,42,47,54,56-57,83,85-86,88,92H,1,12-19,24-37,41,43-44H2,2-10H3,(H,82,100)(H,90,99)(H,93,101)(H,103,104)(H,105,106)(H3,81,84,94,95,102)/t47-,54-,56?,57-,79?,80?/m0/s1. The van der Waals surface area contributed by atoms with Crippen LogP contribution in [0.5, 0.6) is 5.88 Å². The molecule has 1 aromatic carbocycles. The van der Waals surface area contributed by atoms with Crippen molar-refractivity contribution in [3.05, 3.63) is 117 Å². The number of ketones is 3. The van der Waals surface area contributed by atoms with E-state index < -0.39 is 52.8 Å². The van der Waals surface area contributed by atoms with E-state index in [1.165, 1.54) is 18.3 Å². The van der Waals surface area contributed by atoms with Gasteiger partial charge in [0, 0.05) is 101 Å². The SMILES string of the molecule is C=Cc1c(C)c2cc3nc(c4c5[nH]c(cc6nc(cc1[nH]2)C(C)=C6CC)c(C)c5C(=O)C4)[C@@H](CCC(=O)NC(CCCCNC(C)(CC)C(=O)COCC(=O)NCCCOCCOCCOCCCNC(C)(CC)C(=O)CC[C@H](NC(=O)c1ccc(NCc2cnc4nc(N)nc(O)c4n2)cc1)C(=O)O)C(=O)O)[C@@H]3C. The van der Waals surface area contributed by atoms with Crippen LogP contribution in [0, 0.1) is 13.8 Å². The summed E-state index contributed by atoms with van der Waals surface area (Å²) < 4.78 is 22.5. The van der Waals surface area contributed by atoms with Gasteiger partial charge in [-0.3, -0.25) is 33.8 Å². The van der Waals surface area contributed by atoms with Gasteiger partial charge in [0.05, 0.1) is 78.5 Å². The van der Waals surface area contributed by atoms with Crippen LogP contribution in [0.1, 0.15) is 209 Å². The normalized spacial score (nSPS) is 15.6. The first kappa shape index (κ1) is 83.8. The van der Waals surface area contributed by atoms with Crippen molar-refractivity contribution in [2.45, 2.75) is 187 Å². The van der Waals surface area contributed by atoms with Crippen LogP contribution < -0.4 is 37.6 Å². The number of carbonyl (C=O) groups is 8. The van der Waals surface area contributed by atoms with E-state index in [9.17, 15) is 53.7 Å². The Morgan fingerprint density at radius 2 is 1.35 bits per heavy atom. The lowest BCUT2D eigenvalue weighted by atomic mass is 9.85. The number of aromatic nitrogens is 8. The van der Waals surface area contributed by atoms with Crippen molar-refractivity contribution >= 4 is 109 Å². The maximum absolute atomic E-state index is 13.9. The lowest BCUT2D eigenvalue weighted by molar-refractivity contribution is -0.142. The first-order valence-electron chi connectivity index (χ1n) is 37.8. The van der Waals surface area contributed by atoms with Crippen LogP contribution in [-0.4, -0.2) is 198 Å². The number of aromatic hydroxyl groups is 1. The van der Waals surface area contributed by atoms with E-state index in [0.717, 1.165) is 84.7 Å². The maximum Gasteiger partial charge on any atom is 0.326 e. The molecule has 30 heteroatoms. The Labute approximate surface area is 639 Å². The van der Waals surface area contributed by atoms with Gasteiger partial charge in [0.25, 0.3) is 5.91 Å². The highest BCUT2D eigenvalue weighted by Crippen LogP contribution is 2.45. The lowest BCUT2D eigenvalue weighted by Gasteiger charge is -2.29. The molecular formula is C80H105N15O15. The van der Waals surface area contributed by atoms with Gasteiger partial charge in [-0.1, -0.05) is 40.3 Å². The van der Waals surface area contributed by atoms with E-state index in [-0.39, 0.29) is 110 Å². The summed E-state index contributed by atoms with van der Waals surface area (Å²) in [4.78, 5) is 139. The Morgan fingerprint density at radius 1 is 0.709 bits per heavy atom. The number of anilines is 2. The number of ether oxygens (including phenoxy) is 4. The van der Waals surface area contributed by atoms with Crippen LogP contribution in [0.2, 0.25) is 0 Å². The molecule has 3 unspecified atom stereocenters. The third kappa shape index (κ3) is 21.2. The zero-order valence-electron chi connectivity index (χ0n) is 64.4. The Balaban J connectivity index is 0.599. The Bertz CT molecular complexity index is 4590. The number of H-pyrrole nitrogens is 2. The number of rotatable bonds is 45. The zero-order chi connectivity index (χ0) is 79.4. The molecule has 0 fully saturated rings. The molecule has 8 bridgehead atoms. The van der Waals surface area contributed by atoms with Crippen LogP contribution in [0.4, 0.5) is 11.6 Å². The molecule has 0 radical (unpaired) electrons. The van der Waals surface area contributed by atoms with Crippen LogP contribution in [0.3, 0.4) is 0 Å². The number of nitrogens with one attached hydrogen (secondary N) is 8. The molecule has 7 heterocycles. The van der Waals surface area contributed by atoms with Gasteiger partial charge in [-0.2, -0.15) is 9.97 Å². The number of nitrogen functional groups attached to an aromatic ring is 1. The van der Waals surface area contributed by atoms with E-state index >= 15 is 0 Å². The fourth-order valence-electron chi connectivity index (χ4n) is 13.9. The molecule has 0 spiro atoms. The van der Waals surface area contributed by atoms with Crippen molar-refractivity contribution in [2.75, 3.05) is 83.5 Å². The average molecular weight is 1520 g/mol. The van der Waals surface area contributed by atoms with Crippen molar-refractivity contribution in [3.63, 3.8) is 0 Å². The topological polar surface area (TPSA) is 441 Å². The predicted molar refractivity (Wildman–Crippen MR) is 417 cm³/mol. The minimum atomic E-state index is -1.31. The Morgan fingerprint density at radius 3 is 2.03 bits per heavy atom. The van der Waals surface area contributed by atoms with E-state index in [1.807, 2.05) is 45.9 Å². The summed E-state index contributed by atoms with van der Waals surface area (Å²) in [6.07, 6.45) is 7.58. The molecule has 2 aliphatic heterocycles. The van der Waals surface area contributed by atoms with E-state index in [4.69, 9.17) is 34.6 Å². The third-order valence-corrected chi connectivity index (χ3v) is 21.1. The van der Waals surface area contributed by atoms with Crippen molar-refractivity contribution in [1.29, 1.82) is 0 Å². The first-order chi connectivity index (χ1) is 52.7. The quantitative estimate of drug-likeness (QED) is 0.0159. The summed E-state index contributed by atoms with van der Waals surface area (Å²) in [5.74, 6) is -5.19. The summed E-state index contributed by atoms with van der Waals surface area (Å²) in [7, 11) is 0. The van der Waals surface area contributed by atoms with Gasteiger partial charge in [0.1, 0.15) is 25.3 Å². The van der Waals surface area contributed by atoms with Gasteiger partial charge in [-0.25, -0.2) is 24.5 Å². The lowest BCUT2D eigenvalue weighted by Crippen LogP contribution is -2.51. The molecule has 1 aliphatic carbocycles. The number of hydrogen-bond acceptors (Lipinski definition) is 23. The number of amides is 3. The molecule has 3 amide bonds. The molecule has 9 rings (SSSR count). The molecule has 6 atom stereocenters. The van der Waals surface area contributed by atoms with Crippen LogP contribution >= 0.6 is 0 Å². The minimum absolute atomic E-state index is 0.00476. The summed E-state index contributed by atoms with van der Waals surface area (Å²) in [5.41, 5.74) is 18.2. The van der Waals surface area contributed by atoms with Gasteiger partial charge in [-0.05, 0) is 177 Å². The molecule has 13 N–H and O–H groups in total. The van der Waals surface area contributed by atoms with E-state index in [2.05, 4.69) is 95.2 Å². The number of aryl methyl sites for hydroxylation is 2. The molecule has 110 heavy (non-hydrogen) atoms. The number of carboxylic acid groups (broad SMARTS) is 2. The number of fused-ring (bicyclic) bond motifs is 9. The summed E-state index contributed by atoms with van der Waals surface area (Å²) in [6.45, 7) is 24.6. The molecule has 6 aromatic rings. The average Bonchev–Trinajstić information content (AvgIpc) is 1.58. The second kappa shape index (κ2) is 38.9. The highest BCUT2D eigenvalue weighted by atomic mass is 16.5. The number of Topliss-reactive ketones (excluding diaryl/α,β-unsaturated/α-hetero) is 3. The van der Waals surface area contributed by atoms with Crippen LogP contribution in [0.25, 0.3) is 50.5 Å². The van der Waals surface area contributed by atoms with E-state index in [1.54, 1.807) is 26.0 Å². The molecule has 30 nitrogen and oxygen atoms in total. The maximum atomic E-state index is 13.9. The number of nitrogens with two attached hydrogens (primary N) is 1.